The molecule has 3 rings (SSSR count). The zero-order chi connectivity index (χ0) is 25.0. The number of benzene rings is 2. The molecule has 1 heterocycles. The molecule has 0 saturated carbocycles. The van der Waals surface area contributed by atoms with Crippen molar-refractivity contribution < 1.29 is 27.4 Å². The van der Waals surface area contributed by atoms with Crippen LogP contribution in [-0.4, -0.2) is 30.9 Å². The van der Waals surface area contributed by atoms with Gasteiger partial charge in [-0.1, -0.05) is 18.2 Å². The largest absolute Gasteiger partial charge is 0.573 e. The van der Waals surface area contributed by atoms with E-state index in [1.165, 1.54) is 25.3 Å². The average molecular weight is 472 g/mol. The second-order valence-electron chi connectivity index (χ2n) is 7.48. The zero-order valence-electron chi connectivity index (χ0n) is 18.9. The van der Waals surface area contributed by atoms with Crippen LogP contribution in [0.3, 0.4) is 0 Å². The summed E-state index contributed by atoms with van der Waals surface area (Å²) in [7, 11) is 1.23. The summed E-state index contributed by atoms with van der Waals surface area (Å²) in [5.74, 6) is -0.472. The highest BCUT2D eigenvalue weighted by Gasteiger charge is 2.31. The van der Waals surface area contributed by atoms with Gasteiger partial charge in [-0.25, -0.2) is 9.79 Å². The minimum atomic E-state index is -4.79. The summed E-state index contributed by atoms with van der Waals surface area (Å²) in [5.41, 5.74) is 3.80. The Kier molecular flexibility index (Phi) is 7.09. The van der Waals surface area contributed by atoms with Gasteiger partial charge in [0.25, 0.3) is 0 Å². The molecule has 3 N–H and O–H groups in total. The van der Waals surface area contributed by atoms with E-state index in [0.29, 0.717) is 17.1 Å². The smallest absolute Gasteiger partial charge is 0.464 e. The number of nitrogens with zero attached hydrogens (tertiary/aromatic N) is 1. The van der Waals surface area contributed by atoms with Crippen LogP contribution in [0, 0.1) is 19.3 Å². The number of rotatable bonds is 6. The lowest BCUT2D eigenvalue weighted by Gasteiger charge is -2.23. The normalized spacial score (nSPS) is 14.9. The van der Waals surface area contributed by atoms with Crippen LogP contribution >= 0.6 is 0 Å². The molecule has 1 aliphatic heterocycles. The fourth-order valence-electron chi connectivity index (χ4n) is 3.46. The highest BCUT2D eigenvalue weighted by Crippen LogP contribution is 2.29. The molecular weight excluding hydrogens is 449 g/mol. The molecule has 0 fully saturated rings. The van der Waals surface area contributed by atoms with E-state index in [0.717, 1.165) is 28.8 Å². The number of allylic oxidation sites excluding steroid dienone is 1. The fraction of sp³-hybridized carbons (Fsp3) is 0.208. The van der Waals surface area contributed by atoms with Gasteiger partial charge in [0.1, 0.15) is 17.4 Å². The number of carbonyl (C=O) groups is 1. The van der Waals surface area contributed by atoms with E-state index in [9.17, 15) is 18.0 Å². The Labute approximate surface area is 194 Å². The van der Waals surface area contributed by atoms with Crippen molar-refractivity contribution in [3.8, 4) is 5.75 Å². The summed E-state index contributed by atoms with van der Waals surface area (Å²) < 4.78 is 45.9. The Balaban J connectivity index is 2.02. The second kappa shape index (κ2) is 9.82. The van der Waals surface area contributed by atoms with Crippen LogP contribution in [0.5, 0.6) is 5.75 Å². The van der Waals surface area contributed by atoms with Crippen LogP contribution in [0.25, 0.3) is 5.57 Å². The number of aryl methyl sites for hydroxylation is 2. The fourth-order valence-corrected chi connectivity index (χ4v) is 3.46. The lowest BCUT2D eigenvalue weighted by Crippen LogP contribution is -2.29. The van der Waals surface area contributed by atoms with E-state index < -0.39 is 12.3 Å². The van der Waals surface area contributed by atoms with E-state index in [4.69, 9.17) is 10.1 Å². The van der Waals surface area contributed by atoms with Gasteiger partial charge in [-0.05, 0) is 61.7 Å². The minimum Gasteiger partial charge on any atom is -0.464 e. The van der Waals surface area contributed by atoms with Crippen molar-refractivity contribution in [2.24, 2.45) is 4.99 Å². The maximum absolute atomic E-state index is 12.4. The average Bonchev–Trinajstić information content (AvgIpc) is 2.75. The Morgan fingerprint density at radius 2 is 1.71 bits per heavy atom. The molecule has 0 saturated heterocycles. The van der Waals surface area contributed by atoms with Gasteiger partial charge in [0, 0.05) is 23.0 Å². The molecule has 34 heavy (non-hydrogen) atoms. The Morgan fingerprint density at radius 3 is 2.24 bits per heavy atom. The van der Waals surface area contributed by atoms with Gasteiger partial charge >= 0.3 is 12.3 Å². The van der Waals surface area contributed by atoms with E-state index >= 15 is 0 Å². The van der Waals surface area contributed by atoms with Gasteiger partial charge in [0.15, 0.2) is 5.71 Å². The molecule has 0 atom stereocenters. The number of hydrogen-bond donors (Lipinski definition) is 3. The minimum absolute atomic E-state index is 0.0132. The zero-order valence-corrected chi connectivity index (χ0v) is 18.9. The van der Waals surface area contributed by atoms with Gasteiger partial charge in [-0.15, -0.1) is 13.2 Å². The highest BCUT2D eigenvalue weighted by atomic mass is 19.4. The molecule has 0 unspecified atom stereocenters. The lowest BCUT2D eigenvalue weighted by molar-refractivity contribution is -0.274. The molecule has 1 aliphatic rings. The van der Waals surface area contributed by atoms with Gasteiger partial charge in [-0.3, -0.25) is 0 Å². The van der Waals surface area contributed by atoms with E-state index in [1.54, 1.807) is 6.92 Å². The van der Waals surface area contributed by atoms with Crippen molar-refractivity contribution in [2.45, 2.75) is 27.1 Å². The third kappa shape index (κ3) is 5.83. The van der Waals surface area contributed by atoms with Crippen LogP contribution in [0.15, 0.2) is 65.2 Å². The number of nitrogens with one attached hydrogen (secondary N) is 3. The van der Waals surface area contributed by atoms with Crippen LogP contribution < -0.4 is 15.4 Å². The quantitative estimate of drug-likeness (QED) is 0.403. The molecule has 7 nitrogen and oxygen atoms in total. The number of anilines is 1. The van der Waals surface area contributed by atoms with E-state index in [1.807, 2.05) is 32.0 Å². The number of carbonyl (C=O) groups excluding carboxylic acids is 1. The summed E-state index contributed by atoms with van der Waals surface area (Å²) in [6.45, 7) is 5.45. The Morgan fingerprint density at radius 1 is 1.09 bits per heavy atom. The molecule has 178 valence electrons. The molecule has 0 aliphatic carbocycles. The van der Waals surface area contributed by atoms with Gasteiger partial charge < -0.3 is 25.5 Å². The number of esters is 1. The molecule has 0 amide bonds. The van der Waals surface area contributed by atoms with Crippen LogP contribution in [0.2, 0.25) is 0 Å². The number of methoxy groups -OCH3 is 1. The van der Waals surface area contributed by atoms with Crippen molar-refractivity contribution in [3.63, 3.8) is 0 Å². The van der Waals surface area contributed by atoms with Crippen LogP contribution in [0.1, 0.15) is 23.6 Å². The number of alkyl halides is 3. The molecule has 2 aromatic rings. The summed E-state index contributed by atoms with van der Waals surface area (Å²) in [6.07, 6.45) is -3.38. The molecule has 0 radical (unpaired) electrons. The number of ether oxygens (including phenoxy) is 2. The third-order valence-corrected chi connectivity index (χ3v) is 4.87. The first-order valence-electron chi connectivity index (χ1n) is 10.1. The lowest BCUT2D eigenvalue weighted by atomic mass is 9.92. The maximum Gasteiger partial charge on any atom is 0.573 e. The third-order valence-electron chi connectivity index (χ3n) is 4.87. The topological polar surface area (TPSA) is 95.8 Å². The summed E-state index contributed by atoms with van der Waals surface area (Å²) in [4.78, 5) is 16.7. The van der Waals surface area contributed by atoms with Crippen molar-refractivity contribution in [1.82, 2.24) is 5.32 Å². The summed E-state index contributed by atoms with van der Waals surface area (Å²) in [5, 5.41) is 14.5. The second-order valence-corrected chi connectivity index (χ2v) is 7.48. The van der Waals surface area contributed by atoms with Gasteiger partial charge in [0.05, 0.1) is 7.11 Å². The van der Waals surface area contributed by atoms with Crippen LogP contribution in [-0.2, 0) is 9.53 Å². The summed E-state index contributed by atoms with van der Waals surface area (Å²) >= 11 is 0. The maximum atomic E-state index is 12.4. The molecule has 0 spiro atoms. The van der Waals surface area contributed by atoms with Crippen molar-refractivity contribution >= 4 is 28.7 Å². The van der Waals surface area contributed by atoms with Crippen molar-refractivity contribution in [3.05, 3.63) is 76.9 Å². The first-order chi connectivity index (χ1) is 16.0. The predicted octanol–water partition coefficient (Wildman–Crippen LogP) is 5.08. The molecule has 10 heteroatoms. The first-order valence-corrected chi connectivity index (χ1v) is 10.1. The molecular formula is C24H23F3N4O3. The van der Waals surface area contributed by atoms with Crippen LogP contribution in [0.4, 0.5) is 18.9 Å². The SMILES string of the molecule is COC(=O)C1=N/C(=C(/C(C)=N)c2c(C)cccc2C)NC(Nc2ccc(OC(F)(F)F)cc2)=C1. The standard InChI is InChI=1S/C24H23F3N4O3/c1-13-6-5-7-14(2)20(13)21(15(3)28)22-30-18(23(32)33-4)12-19(31-22)29-16-8-10-17(11-9-16)34-24(25,26)27/h5-12,28-29,31H,1-4H3/b22-21+,28-15?. The highest BCUT2D eigenvalue weighted by molar-refractivity contribution is 6.42. The summed E-state index contributed by atoms with van der Waals surface area (Å²) in [6, 6.07) is 10.9. The van der Waals surface area contributed by atoms with E-state index in [-0.39, 0.29) is 23.0 Å². The Bertz CT molecular complexity index is 1190. The Hall–Kier alpha value is -4.08. The number of aliphatic imine (C=N–C) groups is 1. The van der Waals surface area contributed by atoms with Crippen molar-refractivity contribution in [1.29, 1.82) is 5.41 Å². The number of halogens is 3. The van der Waals surface area contributed by atoms with E-state index in [2.05, 4.69) is 20.4 Å². The monoisotopic (exact) mass is 472 g/mol. The van der Waals surface area contributed by atoms with Crippen molar-refractivity contribution in [2.75, 3.05) is 12.4 Å². The predicted molar refractivity (Wildman–Crippen MR) is 124 cm³/mol. The van der Waals surface area contributed by atoms with Gasteiger partial charge in [-0.2, -0.15) is 0 Å². The molecule has 2 aromatic carbocycles. The van der Waals surface area contributed by atoms with Gasteiger partial charge in [0.2, 0.25) is 0 Å². The molecule has 0 bridgehead atoms. The first kappa shape index (κ1) is 24.6. The number of hydrogen-bond acceptors (Lipinski definition) is 7. The molecule has 0 aromatic heterocycles.